The van der Waals surface area contributed by atoms with Crippen molar-refractivity contribution in [1.29, 1.82) is 0 Å². The van der Waals surface area contributed by atoms with Crippen LogP contribution in [0.2, 0.25) is 0 Å². The Bertz CT molecular complexity index is 1560. The van der Waals surface area contributed by atoms with E-state index in [0.29, 0.717) is 28.5 Å². The molecule has 0 aliphatic rings. The van der Waals surface area contributed by atoms with E-state index >= 15 is 0 Å². The number of nitrogens with one attached hydrogen (secondary N) is 2. The second kappa shape index (κ2) is 9.18. The van der Waals surface area contributed by atoms with Gasteiger partial charge in [0.2, 0.25) is 0 Å². The van der Waals surface area contributed by atoms with Gasteiger partial charge in [-0.1, -0.05) is 12.1 Å². The number of H-pyrrole nitrogens is 1. The van der Waals surface area contributed by atoms with Crippen LogP contribution in [-0.4, -0.2) is 20.9 Å². The highest BCUT2D eigenvalue weighted by molar-refractivity contribution is 6.04. The van der Waals surface area contributed by atoms with E-state index in [1.165, 1.54) is 12.1 Å². The van der Waals surface area contributed by atoms with Gasteiger partial charge in [0, 0.05) is 47.5 Å². The van der Waals surface area contributed by atoms with Crippen LogP contribution >= 0.6 is 0 Å². The first-order valence-corrected chi connectivity index (χ1v) is 10.9. The van der Waals surface area contributed by atoms with E-state index in [-0.39, 0.29) is 5.56 Å². The highest BCUT2D eigenvalue weighted by atomic mass is 19.4. The number of carbonyl (C=O) groups excluding carboxylic acids is 1. The summed E-state index contributed by atoms with van der Waals surface area (Å²) in [5.41, 5.74) is 2.36. The van der Waals surface area contributed by atoms with E-state index in [1.54, 1.807) is 43.7 Å². The number of hydrogen-bond acceptors (Lipinski definition) is 4. The molecule has 0 saturated carbocycles. The average Bonchev–Trinajstić information content (AvgIpc) is 3.35. The largest absolute Gasteiger partial charge is 0.456 e. The molecule has 0 bridgehead atoms. The van der Waals surface area contributed by atoms with Crippen molar-refractivity contribution in [2.24, 2.45) is 0 Å². The molecule has 0 spiro atoms. The molecule has 1 amide bonds. The van der Waals surface area contributed by atoms with Crippen LogP contribution in [0.25, 0.3) is 22.3 Å². The van der Waals surface area contributed by atoms with Crippen LogP contribution in [0.4, 0.5) is 18.9 Å². The molecule has 0 saturated heterocycles. The topological polar surface area (TPSA) is 79.9 Å². The monoisotopic (exact) mass is 488 g/mol. The van der Waals surface area contributed by atoms with E-state index in [4.69, 9.17) is 4.74 Å². The fourth-order valence-electron chi connectivity index (χ4n) is 3.72. The van der Waals surface area contributed by atoms with E-state index in [0.717, 1.165) is 28.6 Å². The highest BCUT2D eigenvalue weighted by Gasteiger charge is 2.31. The smallest absolute Gasteiger partial charge is 0.416 e. The molecule has 9 heteroatoms. The molecule has 6 nitrogen and oxygen atoms in total. The molecule has 0 atom stereocenters. The van der Waals surface area contributed by atoms with E-state index in [1.807, 2.05) is 24.3 Å². The summed E-state index contributed by atoms with van der Waals surface area (Å²) in [6.07, 6.45) is 0.575. The zero-order chi connectivity index (χ0) is 25.3. The summed E-state index contributed by atoms with van der Waals surface area (Å²) in [4.78, 5) is 24.5. The molecular weight excluding hydrogens is 469 g/mol. The minimum absolute atomic E-state index is 0.0966. The Morgan fingerprint density at radius 3 is 2.58 bits per heavy atom. The summed E-state index contributed by atoms with van der Waals surface area (Å²) in [5.74, 6) is 0.333. The molecule has 5 aromatic rings. The average molecular weight is 488 g/mol. The SMILES string of the molecule is Cc1ccc(Oc2cc(-c3ccncc3)nc3[nH]ccc23)cc1NC(=O)c1cccc(C(F)(F)F)c1. The molecule has 180 valence electrons. The Balaban J connectivity index is 1.44. The van der Waals surface area contributed by atoms with Crippen molar-refractivity contribution in [2.45, 2.75) is 13.1 Å². The van der Waals surface area contributed by atoms with Crippen LogP contribution in [0.3, 0.4) is 0 Å². The molecule has 5 rings (SSSR count). The number of benzene rings is 2. The molecule has 0 aliphatic heterocycles. The third-order valence-corrected chi connectivity index (χ3v) is 5.60. The van der Waals surface area contributed by atoms with Gasteiger partial charge in [-0.2, -0.15) is 13.2 Å². The Morgan fingerprint density at radius 1 is 1.00 bits per heavy atom. The second-order valence-corrected chi connectivity index (χ2v) is 8.09. The lowest BCUT2D eigenvalue weighted by molar-refractivity contribution is -0.137. The number of aromatic nitrogens is 3. The number of hydrogen-bond donors (Lipinski definition) is 2. The predicted molar refractivity (Wildman–Crippen MR) is 130 cm³/mol. The van der Waals surface area contributed by atoms with Gasteiger partial charge in [-0.05, 0) is 55.0 Å². The minimum Gasteiger partial charge on any atom is -0.456 e. The zero-order valence-electron chi connectivity index (χ0n) is 18.9. The van der Waals surface area contributed by atoms with Crippen LogP contribution in [0.5, 0.6) is 11.5 Å². The zero-order valence-corrected chi connectivity index (χ0v) is 18.9. The Morgan fingerprint density at radius 2 is 1.81 bits per heavy atom. The third-order valence-electron chi connectivity index (χ3n) is 5.60. The van der Waals surface area contributed by atoms with E-state index in [2.05, 4.69) is 20.3 Å². The first-order chi connectivity index (χ1) is 17.3. The molecule has 0 aliphatic carbocycles. The lowest BCUT2D eigenvalue weighted by Gasteiger charge is -2.14. The standard InChI is InChI=1S/C27H19F3N4O2/c1-16-5-6-20(14-22(16)34-26(35)18-3-2-4-19(13-18)27(28,29)30)36-24-15-23(17-7-10-31-11-8-17)33-25-21(24)9-12-32-25/h2-15H,1H3,(H,32,33)(H,34,35). The van der Waals surface area contributed by atoms with Crippen molar-refractivity contribution in [3.05, 3.63) is 102 Å². The summed E-state index contributed by atoms with van der Waals surface area (Å²) >= 11 is 0. The van der Waals surface area contributed by atoms with Crippen LogP contribution in [0, 0.1) is 6.92 Å². The summed E-state index contributed by atoms with van der Waals surface area (Å²) < 4.78 is 45.3. The van der Waals surface area contributed by atoms with Crippen molar-refractivity contribution in [3.8, 4) is 22.8 Å². The van der Waals surface area contributed by atoms with Gasteiger partial charge in [0.05, 0.1) is 16.6 Å². The Kier molecular flexibility index (Phi) is 5.89. The maximum absolute atomic E-state index is 13.0. The Hall–Kier alpha value is -4.66. The number of rotatable bonds is 5. The first kappa shape index (κ1) is 23.1. The number of ether oxygens (including phenoxy) is 1. The molecule has 2 aromatic carbocycles. The number of carbonyl (C=O) groups is 1. The van der Waals surface area contributed by atoms with Gasteiger partial charge in [-0.15, -0.1) is 0 Å². The van der Waals surface area contributed by atoms with Crippen LogP contribution in [0.15, 0.2) is 85.3 Å². The maximum atomic E-state index is 13.0. The number of halogens is 3. The Labute approximate surface area is 203 Å². The second-order valence-electron chi connectivity index (χ2n) is 8.09. The van der Waals surface area contributed by atoms with Crippen LogP contribution < -0.4 is 10.1 Å². The number of alkyl halides is 3. The van der Waals surface area contributed by atoms with Gasteiger partial charge < -0.3 is 15.0 Å². The number of nitrogens with zero attached hydrogens (tertiary/aromatic N) is 2. The molecule has 0 unspecified atom stereocenters. The number of anilines is 1. The van der Waals surface area contributed by atoms with Crippen molar-refractivity contribution >= 4 is 22.6 Å². The molecule has 3 aromatic heterocycles. The number of aromatic amines is 1. The normalized spacial score (nSPS) is 11.4. The quantitative estimate of drug-likeness (QED) is 0.279. The number of fused-ring (bicyclic) bond motifs is 1. The summed E-state index contributed by atoms with van der Waals surface area (Å²) in [7, 11) is 0. The van der Waals surface area contributed by atoms with Gasteiger partial charge >= 0.3 is 6.18 Å². The number of amides is 1. The van der Waals surface area contributed by atoms with Gasteiger partial charge in [-0.3, -0.25) is 9.78 Å². The fourth-order valence-corrected chi connectivity index (χ4v) is 3.72. The lowest BCUT2D eigenvalue weighted by atomic mass is 10.1. The van der Waals surface area contributed by atoms with Gasteiger partial charge in [0.1, 0.15) is 17.1 Å². The van der Waals surface area contributed by atoms with Crippen molar-refractivity contribution in [3.63, 3.8) is 0 Å². The minimum atomic E-state index is -4.54. The van der Waals surface area contributed by atoms with E-state index in [9.17, 15) is 18.0 Å². The maximum Gasteiger partial charge on any atom is 0.416 e. The van der Waals surface area contributed by atoms with Gasteiger partial charge in [-0.25, -0.2) is 4.98 Å². The van der Waals surface area contributed by atoms with Crippen LogP contribution in [0.1, 0.15) is 21.5 Å². The number of pyridine rings is 2. The molecule has 2 N–H and O–H groups in total. The fraction of sp³-hybridized carbons (Fsp3) is 0.0741. The molecule has 3 heterocycles. The lowest BCUT2D eigenvalue weighted by Crippen LogP contribution is -2.14. The number of aryl methyl sites for hydroxylation is 1. The van der Waals surface area contributed by atoms with E-state index < -0.39 is 17.6 Å². The van der Waals surface area contributed by atoms with Crippen molar-refractivity contribution < 1.29 is 22.7 Å². The molecular formula is C27H19F3N4O2. The van der Waals surface area contributed by atoms with Crippen molar-refractivity contribution in [2.75, 3.05) is 5.32 Å². The summed E-state index contributed by atoms with van der Waals surface area (Å²) in [5, 5.41) is 3.46. The molecule has 0 fully saturated rings. The predicted octanol–water partition coefficient (Wildman–Crippen LogP) is 7.00. The van der Waals surface area contributed by atoms with Crippen LogP contribution in [-0.2, 0) is 6.18 Å². The molecule has 36 heavy (non-hydrogen) atoms. The highest BCUT2D eigenvalue weighted by Crippen LogP contribution is 2.34. The summed E-state index contributed by atoms with van der Waals surface area (Å²) in [6.45, 7) is 1.78. The third kappa shape index (κ3) is 4.76. The van der Waals surface area contributed by atoms with Crippen molar-refractivity contribution in [1.82, 2.24) is 15.0 Å². The summed E-state index contributed by atoms with van der Waals surface area (Å²) in [6, 6.07) is 16.8. The van der Waals surface area contributed by atoms with Gasteiger partial charge in [0.25, 0.3) is 5.91 Å². The first-order valence-electron chi connectivity index (χ1n) is 10.9. The molecule has 0 radical (unpaired) electrons. The van der Waals surface area contributed by atoms with Gasteiger partial charge in [0.15, 0.2) is 0 Å².